The summed E-state index contributed by atoms with van der Waals surface area (Å²) in [7, 11) is 3.40. The minimum atomic E-state index is -0.554. The van der Waals surface area contributed by atoms with Gasteiger partial charge in [0.25, 0.3) is 0 Å². The van der Waals surface area contributed by atoms with Crippen molar-refractivity contribution >= 4 is 11.7 Å². The summed E-state index contributed by atoms with van der Waals surface area (Å²) in [6.45, 7) is 4.26. The van der Waals surface area contributed by atoms with Crippen molar-refractivity contribution in [2.75, 3.05) is 38.8 Å². The van der Waals surface area contributed by atoms with Crippen LogP contribution in [0.5, 0.6) is 5.75 Å². The second-order valence-corrected chi connectivity index (χ2v) is 8.44. The Morgan fingerprint density at radius 3 is 2.55 bits per heavy atom. The lowest BCUT2D eigenvalue weighted by atomic mass is 9.86. The number of halogens is 1. The number of hydrogen-bond acceptors (Lipinski definition) is 4. The molecule has 1 saturated heterocycles. The second kappa shape index (κ2) is 12.0. The summed E-state index contributed by atoms with van der Waals surface area (Å²) in [6, 6.07) is 12.2. The lowest BCUT2D eigenvalue weighted by Gasteiger charge is -2.36. The number of unbranched alkanes of at least 4 members (excludes halogenated alkanes) is 2. The van der Waals surface area contributed by atoms with Gasteiger partial charge in [-0.2, -0.15) is 0 Å². The Labute approximate surface area is 196 Å². The van der Waals surface area contributed by atoms with Crippen LogP contribution in [0, 0.1) is 5.82 Å². The van der Waals surface area contributed by atoms with Crippen LogP contribution in [0.1, 0.15) is 50.2 Å². The maximum Gasteiger partial charge on any atom is 0.321 e. The molecule has 180 valence electrons. The van der Waals surface area contributed by atoms with Gasteiger partial charge in [0.2, 0.25) is 0 Å². The molecule has 6 nitrogen and oxygen atoms in total. The quantitative estimate of drug-likeness (QED) is 0.485. The van der Waals surface area contributed by atoms with Gasteiger partial charge in [0.05, 0.1) is 5.60 Å². The second-order valence-electron chi connectivity index (χ2n) is 8.44. The summed E-state index contributed by atoms with van der Waals surface area (Å²) >= 11 is 0. The van der Waals surface area contributed by atoms with E-state index in [2.05, 4.69) is 12.2 Å². The van der Waals surface area contributed by atoms with Gasteiger partial charge in [0.15, 0.2) is 0 Å². The molecule has 2 aromatic carbocycles. The van der Waals surface area contributed by atoms with Crippen molar-refractivity contribution in [1.82, 2.24) is 5.32 Å². The van der Waals surface area contributed by atoms with E-state index < -0.39 is 5.60 Å². The fourth-order valence-corrected chi connectivity index (χ4v) is 4.01. The Bertz CT molecular complexity index is 898. The maximum absolute atomic E-state index is 14.4. The SMILES string of the molecule is CCCCCNC(=O)N(C)c1ccc(COc2cc(F)cc(C3(OC)CCOCC3)c2)cc1. The summed E-state index contributed by atoms with van der Waals surface area (Å²) in [5.41, 5.74) is 1.93. The van der Waals surface area contributed by atoms with Gasteiger partial charge in [0, 0.05) is 58.5 Å². The number of anilines is 1. The third-order valence-corrected chi connectivity index (χ3v) is 6.18. The van der Waals surface area contributed by atoms with Gasteiger partial charge >= 0.3 is 6.03 Å². The highest BCUT2D eigenvalue weighted by Gasteiger charge is 2.35. The van der Waals surface area contributed by atoms with Crippen molar-refractivity contribution in [3.63, 3.8) is 0 Å². The van der Waals surface area contributed by atoms with Crippen LogP contribution < -0.4 is 15.0 Å². The summed E-state index contributed by atoms with van der Waals surface area (Å²) in [6.07, 6.45) is 4.55. The smallest absolute Gasteiger partial charge is 0.321 e. The van der Waals surface area contributed by atoms with Gasteiger partial charge in [-0.05, 0) is 41.8 Å². The fraction of sp³-hybridized carbons (Fsp3) is 0.500. The van der Waals surface area contributed by atoms with Gasteiger partial charge in [-0.15, -0.1) is 0 Å². The van der Waals surface area contributed by atoms with E-state index in [1.807, 2.05) is 30.3 Å². The van der Waals surface area contributed by atoms with Gasteiger partial charge in [-0.3, -0.25) is 4.90 Å². The molecule has 1 N–H and O–H groups in total. The number of nitrogens with zero attached hydrogens (tertiary/aromatic N) is 1. The third-order valence-electron chi connectivity index (χ3n) is 6.18. The first kappa shape index (κ1) is 25.0. The Morgan fingerprint density at radius 2 is 1.88 bits per heavy atom. The monoisotopic (exact) mass is 458 g/mol. The first-order valence-corrected chi connectivity index (χ1v) is 11.6. The maximum atomic E-state index is 14.4. The Hall–Kier alpha value is -2.64. The molecule has 1 aliphatic rings. The first-order valence-electron chi connectivity index (χ1n) is 11.6. The van der Waals surface area contributed by atoms with Crippen molar-refractivity contribution in [1.29, 1.82) is 0 Å². The normalized spacial score (nSPS) is 15.2. The molecule has 0 unspecified atom stereocenters. The number of carbonyl (C=O) groups is 1. The highest BCUT2D eigenvalue weighted by atomic mass is 19.1. The minimum absolute atomic E-state index is 0.123. The Kier molecular flexibility index (Phi) is 9.09. The van der Waals surface area contributed by atoms with E-state index in [0.717, 1.165) is 36.1 Å². The van der Waals surface area contributed by atoms with Crippen LogP contribution in [0.25, 0.3) is 0 Å². The molecule has 7 heteroatoms. The average Bonchev–Trinajstić information content (AvgIpc) is 2.85. The summed E-state index contributed by atoms with van der Waals surface area (Å²) in [5.74, 6) is 0.105. The predicted molar refractivity (Wildman–Crippen MR) is 127 cm³/mol. The van der Waals surface area contributed by atoms with Crippen LogP contribution in [-0.4, -0.2) is 39.9 Å². The number of ether oxygens (including phenoxy) is 3. The zero-order chi connectivity index (χ0) is 23.7. The standard InChI is InChI=1S/C26H35FN2O4/c1-4-5-6-13-28-25(30)29(2)23-9-7-20(8-10-23)19-33-24-17-21(16-22(27)18-24)26(31-3)11-14-32-15-12-26/h7-10,16-18H,4-6,11-15,19H2,1-3H3,(H,28,30). The van der Waals surface area contributed by atoms with Gasteiger partial charge in [-0.1, -0.05) is 31.9 Å². The molecule has 0 bridgehead atoms. The molecule has 3 rings (SSSR count). The van der Waals surface area contributed by atoms with Crippen molar-refractivity contribution < 1.29 is 23.4 Å². The number of benzene rings is 2. The number of hydrogen-bond donors (Lipinski definition) is 1. The van der Waals surface area contributed by atoms with Crippen LogP contribution >= 0.6 is 0 Å². The molecule has 1 heterocycles. The number of methoxy groups -OCH3 is 1. The van der Waals surface area contributed by atoms with Crippen LogP contribution in [0.3, 0.4) is 0 Å². The molecule has 2 amide bonds. The van der Waals surface area contributed by atoms with E-state index in [1.54, 1.807) is 19.1 Å². The molecule has 33 heavy (non-hydrogen) atoms. The average molecular weight is 459 g/mol. The molecule has 0 spiro atoms. The third kappa shape index (κ3) is 6.68. The molecular weight excluding hydrogens is 423 g/mol. The lowest BCUT2D eigenvalue weighted by molar-refractivity contribution is -0.0950. The van der Waals surface area contributed by atoms with E-state index in [9.17, 15) is 9.18 Å². The number of nitrogens with one attached hydrogen (secondary N) is 1. The first-order chi connectivity index (χ1) is 16.0. The number of urea groups is 1. The van der Waals surface area contributed by atoms with Crippen LogP contribution in [0.4, 0.5) is 14.9 Å². The van der Waals surface area contributed by atoms with E-state index in [-0.39, 0.29) is 11.8 Å². The van der Waals surface area contributed by atoms with Crippen LogP contribution in [-0.2, 0) is 21.7 Å². The summed E-state index contributed by atoms with van der Waals surface area (Å²) in [5, 5.41) is 2.93. The number of carbonyl (C=O) groups excluding carboxylic acids is 1. The fourth-order valence-electron chi connectivity index (χ4n) is 4.01. The molecule has 0 atom stereocenters. The number of rotatable bonds is 10. The van der Waals surface area contributed by atoms with Crippen molar-refractivity contribution in [2.45, 2.75) is 51.2 Å². The van der Waals surface area contributed by atoms with E-state index in [4.69, 9.17) is 14.2 Å². The van der Waals surface area contributed by atoms with Crippen LogP contribution in [0.15, 0.2) is 42.5 Å². The Morgan fingerprint density at radius 1 is 1.15 bits per heavy atom. The summed E-state index contributed by atoms with van der Waals surface area (Å²) < 4.78 is 31.5. The van der Waals surface area contributed by atoms with Crippen LogP contribution in [0.2, 0.25) is 0 Å². The van der Waals surface area contributed by atoms with Gasteiger partial charge in [-0.25, -0.2) is 9.18 Å². The molecule has 2 aromatic rings. The minimum Gasteiger partial charge on any atom is -0.489 e. The van der Waals surface area contributed by atoms with E-state index in [1.165, 1.54) is 12.1 Å². The van der Waals surface area contributed by atoms with Crippen molar-refractivity contribution in [3.05, 3.63) is 59.4 Å². The molecular formula is C26H35FN2O4. The van der Waals surface area contributed by atoms with Gasteiger partial charge in [0.1, 0.15) is 18.2 Å². The molecule has 0 saturated carbocycles. The summed E-state index contributed by atoms with van der Waals surface area (Å²) in [4.78, 5) is 13.9. The Balaban J connectivity index is 1.60. The molecule has 0 aliphatic carbocycles. The molecule has 1 aliphatic heterocycles. The zero-order valence-corrected chi connectivity index (χ0v) is 19.9. The predicted octanol–water partition coefficient (Wildman–Crippen LogP) is 5.39. The van der Waals surface area contributed by atoms with Gasteiger partial charge < -0.3 is 19.5 Å². The molecule has 1 fully saturated rings. The number of amides is 2. The lowest BCUT2D eigenvalue weighted by Crippen LogP contribution is -2.37. The van der Waals surface area contributed by atoms with E-state index in [0.29, 0.717) is 45.0 Å². The van der Waals surface area contributed by atoms with Crippen molar-refractivity contribution in [2.24, 2.45) is 0 Å². The molecule has 0 aromatic heterocycles. The largest absolute Gasteiger partial charge is 0.489 e. The zero-order valence-electron chi connectivity index (χ0n) is 19.9. The van der Waals surface area contributed by atoms with E-state index >= 15 is 0 Å². The van der Waals surface area contributed by atoms with Crippen molar-refractivity contribution in [3.8, 4) is 5.75 Å². The highest BCUT2D eigenvalue weighted by Crippen LogP contribution is 2.37. The topological polar surface area (TPSA) is 60.0 Å². The molecule has 0 radical (unpaired) electrons. The highest BCUT2D eigenvalue weighted by molar-refractivity contribution is 5.91.